The lowest BCUT2D eigenvalue weighted by Crippen LogP contribution is -2.16. The lowest BCUT2D eigenvalue weighted by Gasteiger charge is -2.11. The minimum atomic E-state index is -0.248. The number of pyridine rings is 1. The first-order valence-corrected chi connectivity index (χ1v) is 5.26. The molecule has 2 heterocycles. The number of aryl methyl sites for hydroxylation is 3. The SMILES string of the molecule is Cc1cnc(C(N)c2ccn(C)n2)c(C)c1. The van der Waals surface area contributed by atoms with Crippen LogP contribution < -0.4 is 5.73 Å². The van der Waals surface area contributed by atoms with Gasteiger partial charge in [-0.05, 0) is 31.0 Å². The maximum absolute atomic E-state index is 6.14. The van der Waals surface area contributed by atoms with Gasteiger partial charge in [-0.3, -0.25) is 9.67 Å². The Bertz CT molecular complexity index is 501. The summed E-state index contributed by atoms with van der Waals surface area (Å²) in [6, 6.07) is 3.76. The van der Waals surface area contributed by atoms with Gasteiger partial charge in [0.25, 0.3) is 0 Å². The van der Waals surface area contributed by atoms with Crippen LogP contribution in [0.3, 0.4) is 0 Å². The number of hydrogen-bond donors (Lipinski definition) is 1. The van der Waals surface area contributed by atoms with Gasteiger partial charge in [-0.2, -0.15) is 5.10 Å². The van der Waals surface area contributed by atoms with Crippen molar-refractivity contribution in [3.8, 4) is 0 Å². The van der Waals surface area contributed by atoms with Crippen molar-refractivity contribution in [1.82, 2.24) is 14.8 Å². The highest BCUT2D eigenvalue weighted by molar-refractivity contribution is 5.30. The van der Waals surface area contributed by atoms with Gasteiger partial charge in [-0.15, -0.1) is 0 Å². The van der Waals surface area contributed by atoms with Crippen molar-refractivity contribution in [2.45, 2.75) is 19.9 Å². The van der Waals surface area contributed by atoms with Crippen LogP contribution in [0, 0.1) is 13.8 Å². The van der Waals surface area contributed by atoms with E-state index in [1.54, 1.807) is 4.68 Å². The molecule has 16 heavy (non-hydrogen) atoms. The lowest BCUT2D eigenvalue weighted by atomic mass is 10.0. The topological polar surface area (TPSA) is 56.7 Å². The normalized spacial score (nSPS) is 12.8. The first-order chi connectivity index (χ1) is 7.58. The molecular formula is C12H16N4. The van der Waals surface area contributed by atoms with Crippen molar-refractivity contribution in [2.24, 2.45) is 12.8 Å². The third-order valence-corrected chi connectivity index (χ3v) is 2.60. The Labute approximate surface area is 95.1 Å². The molecule has 84 valence electrons. The molecule has 0 radical (unpaired) electrons. The molecule has 4 heteroatoms. The van der Waals surface area contributed by atoms with Crippen LogP contribution >= 0.6 is 0 Å². The molecule has 2 rings (SSSR count). The second-order valence-corrected chi connectivity index (χ2v) is 4.11. The van der Waals surface area contributed by atoms with Gasteiger partial charge in [-0.25, -0.2) is 0 Å². The molecule has 0 spiro atoms. The van der Waals surface area contributed by atoms with E-state index >= 15 is 0 Å². The van der Waals surface area contributed by atoms with Crippen LogP contribution in [-0.2, 0) is 7.05 Å². The highest BCUT2D eigenvalue weighted by atomic mass is 15.3. The zero-order chi connectivity index (χ0) is 11.7. The maximum atomic E-state index is 6.14. The first kappa shape index (κ1) is 10.8. The second-order valence-electron chi connectivity index (χ2n) is 4.11. The van der Waals surface area contributed by atoms with Crippen molar-refractivity contribution in [3.63, 3.8) is 0 Å². The molecule has 1 unspecified atom stereocenters. The summed E-state index contributed by atoms with van der Waals surface area (Å²) in [5.41, 5.74) is 10.1. The molecule has 1 atom stereocenters. The third kappa shape index (κ3) is 1.97. The highest BCUT2D eigenvalue weighted by Crippen LogP contribution is 2.19. The molecule has 0 saturated carbocycles. The van der Waals surface area contributed by atoms with Crippen molar-refractivity contribution >= 4 is 0 Å². The van der Waals surface area contributed by atoms with E-state index in [4.69, 9.17) is 5.73 Å². The number of nitrogens with zero attached hydrogens (tertiary/aromatic N) is 3. The molecule has 0 bridgehead atoms. The molecule has 0 aromatic carbocycles. The van der Waals surface area contributed by atoms with Crippen molar-refractivity contribution in [3.05, 3.63) is 47.0 Å². The molecule has 0 aliphatic rings. The average Bonchev–Trinajstić information content (AvgIpc) is 2.64. The molecule has 0 fully saturated rings. The minimum absolute atomic E-state index is 0.248. The number of rotatable bonds is 2. The van der Waals surface area contributed by atoms with Crippen LogP contribution in [0.5, 0.6) is 0 Å². The minimum Gasteiger partial charge on any atom is -0.318 e. The Hall–Kier alpha value is -1.68. The van der Waals surface area contributed by atoms with Crippen molar-refractivity contribution in [1.29, 1.82) is 0 Å². The standard InChI is InChI=1S/C12H16N4/c1-8-6-9(2)12(14-7-8)11(13)10-4-5-16(3)15-10/h4-7,11H,13H2,1-3H3. The Balaban J connectivity index is 2.37. The fourth-order valence-electron chi connectivity index (χ4n) is 1.79. The third-order valence-electron chi connectivity index (χ3n) is 2.60. The van der Waals surface area contributed by atoms with Crippen LogP contribution in [0.25, 0.3) is 0 Å². The van der Waals surface area contributed by atoms with Gasteiger partial charge in [0.1, 0.15) is 0 Å². The molecule has 0 amide bonds. The zero-order valence-electron chi connectivity index (χ0n) is 9.81. The summed E-state index contributed by atoms with van der Waals surface area (Å²) in [7, 11) is 1.88. The average molecular weight is 216 g/mol. The van der Waals surface area contributed by atoms with E-state index in [0.29, 0.717) is 0 Å². The largest absolute Gasteiger partial charge is 0.318 e. The molecule has 2 aromatic heterocycles. The fraction of sp³-hybridized carbons (Fsp3) is 0.333. The van der Waals surface area contributed by atoms with E-state index in [9.17, 15) is 0 Å². The predicted octanol–water partition coefficient (Wildman–Crippen LogP) is 1.48. The van der Waals surface area contributed by atoms with Gasteiger partial charge in [0.15, 0.2) is 0 Å². The van der Waals surface area contributed by atoms with Crippen LogP contribution in [0.4, 0.5) is 0 Å². The fourth-order valence-corrected chi connectivity index (χ4v) is 1.79. The molecule has 0 aliphatic carbocycles. The summed E-state index contributed by atoms with van der Waals surface area (Å²) in [5, 5.41) is 4.30. The van der Waals surface area contributed by atoms with E-state index in [-0.39, 0.29) is 6.04 Å². The molecule has 0 aliphatic heterocycles. The van der Waals surface area contributed by atoms with Gasteiger partial charge >= 0.3 is 0 Å². The zero-order valence-corrected chi connectivity index (χ0v) is 9.81. The van der Waals surface area contributed by atoms with Gasteiger partial charge in [0.05, 0.1) is 17.4 Å². The highest BCUT2D eigenvalue weighted by Gasteiger charge is 2.15. The van der Waals surface area contributed by atoms with E-state index in [1.165, 1.54) is 0 Å². The molecule has 0 saturated heterocycles. The quantitative estimate of drug-likeness (QED) is 0.827. The second kappa shape index (κ2) is 4.06. The summed E-state index contributed by atoms with van der Waals surface area (Å²) in [4.78, 5) is 4.39. The molecule has 2 aromatic rings. The lowest BCUT2D eigenvalue weighted by molar-refractivity contribution is 0.704. The number of nitrogens with two attached hydrogens (primary N) is 1. The predicted molar refractivity (Wildman–Crippen MR) is 62.9 cm³/mol. The Morgan fingerprint density at radius 2 is 2.12 bits per heavy atom. The Morgan fingerprint density at radius 1 is 1.38 bits per heavy atom. The summed E-state index contributed by atoms with van der Waals surface area (Å²) < 4.78 is 1.75. The van der Waals surface area contributed by atoms with E-state index in [2.05, 4.69) is 16.1 Å². The molecular weight excluding hydrogens is 200 g/mol. The summed E-state index contributed by atoms with van der Waals surface area (Å²) in [6.07, 6.45) is 3.73. The van der Waals surface area contributed by atoms with Gasteiger partial charge in [0, 0.05) is 19.4 Å². The Kier molecular flexibility index (Phi) is 2.75. The van der Waals surface area contributed by atoms with Crippen LogP contribution in [-0.4, -0.2) is 14.8 Å². The van der Waals surface area contributed by atoms with E-state index in [1.807, 2.05) is 39.4 Å². The van der Waals surface area contributed by atoms with E-state index in [0.717, 1.165) is 22.5 Å². The smallest absolute Gasteiger partial charge is 0.0921 e. The number of hydrogen-bond acceptors (Lipinski definition) is 3. The molecule has 4 nitrogen and oxygen atoms in total. The Morgan fingerprint density at radius 3 is 2.69 bits per heavy atom. The van der Waals surface area contributed by atoms with Gasteiger partial charge in [0.2, 0.25) is 0 Å². The first-order valence-electron chi connectivity index (χ1n) is 5.26. The van der Waals surface area contributed by atoms with Gasteiger partial charge < -0.3 is 5.73 Å². The van der Waals surface area contributed by atoms with Crippen LogP contribution in [0.1, 0.15) is 28.6 Å². The summed E-state index contributed by atoms with van der Waals surface area (Å²) >= 11 is 0. The number of aromatic nitrogens is 3. The summed E-state index contributed by atoms with van der Waals surface area (Å²) in [6.45, 7) is 4.05. The molecule has 2 N–H and O–H groups in total. The van der Waals surface area contributed by atoms with Crippen LogP contribution in [0.2, 0.25) is 0 Å². The van der Waals surface area contributed by atoms with Gasteiger partial charge in [-0.1, -0.05) is 6.07 Å². The summed E-state index contributed by atoms with van der Waals surface area (Å²) in [5.74, 6) is 0. The monoisotopic (exact) mass is 216 g/mol. The van der Waals surface area contributed by atoms with Crippen LogP contribution in [0.15, 0.2) is 24.5 Å². The van der Waals surface area contributed by atoms with E-state index < -0.39 is 0 Å². The van der Waals surface area contributed by atoms with Crippen molar-refractivity contribution < 1.29 is 0 Å². The van der Waals surface area contributed by atoms with Crippen molar-refractivity contribution in [2.75, 3.05) is 0 Å². The maximum Gasteiger partial charge on any atom is 0.0921 e.